The highest BCUT2D eigenvalue weighted by atomic mass is 15.1. The van der Waals surface area contributed by atoms with Gasteiger partial charge < -0.3 is 16.4 Å². The molecule has 0 fully saturated rings. The van der Waals surface area contributed by atoms with Crippen molar-refractivity contribution >= 4 is 5.70 Å². The van der Waals surface area contributed by atoms with Crippen LogP contribution in [0.3, 0.4) is 0 Å². The van der Waals surface area contributed by atoms with Crippen molar-refractivity contribution in [2.24, 2.45) is 17.4 Å². The minimum Gasteiger partial charge on any atom is -0.397 e. The average Bonchev–Trinajstić information content (AvgIpc) is 2.56. The lowest BCUT2D eigenvalue weighted by molar-refractivity contribution is 0.307. The Morgan fingerprint density at radius 2 is 1.57 bits per heavy atom. The van der Waals surface area contributed by atoms with Crippen LogP contribution in [0.5, 0.6) is 0 Å². The van der Waals surface area contributed by atoms with E-state index in [0.717, 1.165) is 24.4 Å². The number of nitrogens with zero attached hydrogens (tertiary/aromatic N) is 1. The van der Waals surface area contributed by atoms with E-state index in [4.69, 9.17) is 11.5 Å². The Balaban J connectivity index is 2.18. The van der Waals surface area contributed by atoms with Crippen molar-refractivity contribution < 1.29 is 0 Å². The van der Waals surface area contributed by atoms with Crippen molar-refractivity contribution in [2.45, 2.75) is 26.4 Å². The fourth-order valence-corrected chi connectivity index (χ4v) is 2.36. The van der Waals surface area contributed by atoms with Gasteiger partial charge in [-0.3, -0.25) is 0 Å². The number of rotatable bonds is 7. The maximum Gasteiger partial charge on any atom is 0.0549 e. The summed E-state index contributed by atoms with van der Waals surface area (Å²) in [6.45, 7) is 5.88. The monoisotopic (exact) mass is 309 g/mol. The molecular formula is C20H27N3. The molecule has 4 N–H and O–H groups in total. The Labute approximate surface area is 139 Å². The summed E-state index contributed by atoms with van der Waals surface area (Å²) < 4.78 is 0. The van der Waals surface area contributed by atoms with E-state index in [1.807, 2.05) is 42.6 Å². The zero-order valence-corrected chi connectivity index (χ0v) is 14.0. The van der Waals surface area contributed by atoms with Gasteiger partial charge in [-0.1, -0.05) is 74.5 Å². The fourth-order valence-electron chi connectivity index (χ4n) is 2.36. The van der Waals surface area contributed by atoms with Crippen molar-refractivity contribution in [1.82, 2.24) is 4.90 Å². The third-order valence-electron chi connectivity index (χ3n) is 3.96. The van der Waals surface area contributed by atoms with E-state index < -0.39 is 0 Å². The molecule has 0 radical (unpaired) electrons. The zero-order chi connectivity index (χ0) is 16.7. The maximum absolute atomic E-state index is 6.28. The molecule has 0 spiro atoms. The van der Waals surface area contributed by atoms with Gasteiger partial charge >= 0.3 is 0 Å². The second-order valence-electron chi connectivity index (χ2n) is 6.27. The summed E-state index contributed by atoms with van der Waals surface area (Å²) in [6.07, 6.45) is 2.02. The fraction of sp³-hybridized carbons (Fsp3) is 0.300. The molecule has 0 amide bonds. The number of hydrogen-bond donors (Lipinski definition) is 2. The topological polar surface area (TPSA) is 55.3 Å². The molecular weight excluding hydrogens is 282 g/mol. The van der Waals surface area contributed by atoms with Gasteiger partial charge in [0.05, 0.1) is 5.70 Å². The molecule has 0 heterocycles. The van der Waals surface area contributed by atoms with Crippen molar-refractivity contribution in [2.75, 3.05) is 6.54 Å². The predicted molar refractivity (Wildman–Crippen MR) is 98.3 cm³/mol. The van der Waals surface area contributed by atoms with E-state index in [9.17, 15) is 0 Å². The Morgan fingerprint density at radius 3 is 2.13 bits per heavy atom. The molecule has 122 valence electrons. The summed E-state index contributed by atoms with van der Waals surface area (Å²) in [5.41, 5.74) is 15.6. The lowest BCUT2D eigenvalue weighted by atomic mass is 10.0. The van der Waals surface area contributed by atoms with Crippen LogP contribution in [-0.4, -0.2) is 17.5 Å². The Hall–Kier alpha value is -2.26. The van der Waals surface area contributed by atoms with Gasteiger partial charge in [0.2, 0.25) is 0 Å². The molecule has 0 aliphatic carbocycles. The van der Waals surface area contributed by atoms with Crippen LogP contribution in [0.1, 0.15) is 25.0 Å². The summed E-state index contributed by atoms with van der Waals surface area (Å²) in [5, 5.41) is 0. The first-order valence-corrected chi connectivity index (χ1v) is 8.12. The highest BCUT2D eigenvalue weighted by Crippen LogP contribution is 2.13. The van der Waals surface area contributed by atoms with Crippen molar-refractivity contribution in [3.8, 4) is 0 Å². The van der Waals surface area contributed by atoms with Gasteiger partial charge in [-0.25, -0.2) is 0 Å². The molecule has 3 nitrogen and oxygen atoms in total. The molecule has 0 aromatic heterocycles. The minimum absolute atomic E-state index is 0.110. The number of hydrogen-bond acceptors (Lipinski definition) is 3. The van der Waals surface area contributed by atoms with Gasteiger partial charge in [0, 0.05) is 25.3 Å². The first-order chi connectivity index (χ1) is 11.1. The first kappa shape index (κ1) is 17.1. The summed E-state index contributed by atoms with van der Waals surface area (Å²) in [5.74, 6) is 0.430. The van der Waals surface area contributed by atoms with E-state index in [2.05, 4.69) is 43.0 Å². The molecule has 0 saturated heterocycles. The maximum atomic E-state index is 6.28. The molecule has 1 unspecified atom stereocenters. The van der Waals surface area contributed by atoms with Crippen molar-refractivity contribution in [3.63, 3.8) is 0 Å². The highest BCUT2D eigenvalue weighted by molar-refractivity contribution is 5.61. The molecule has 2 aromatic rings. The largest absolute Gasteiger partial charge is 0.397 e. The Kier molecular flexibility index (Phi) is 6.24. The lowest BCUT2D eigenvalue weighted by Crippen LogP contribution is -2.38. The van der Waals surface area contributed by atoms with E-state index in [1.165, 1.54) is 5.56 Å². The first-order valence-electron chi connectivity index (χ1n) is 8.12. The minimum atomic E-state index is 0.110. The normalized spacial score (nSPS) is 13.1. The highest BCUT2D eigenvalue weighted by Gasteiger charge is 2.12. The Morgan fingerprint density at radius 1 is 1.00 bits per heavy atom. The molecule has 3 heteroatoms. The van der Waals surface area contributed by atoms with Crippen LogP contribution in [0.2, 0.25) is 0 Å². The summed E-state index contributed by atoms with van der Waals surface area (Å²) in [7, 11) is 0. The van der Waals surface area contributed by atoms with Crippen LogP contribution in [0.25, 0.3) is 5.70 Å². The predicted octanol–water partition coefficient (Wildman–Crippen LogP) is 3.43. The van der Waals surface area contributed by atoms with Gasteiger partial charge in [-0.15, -0.1) is 0 Å². The Bertz CT molecular complexity index is 605. The van der Waals surface area contributed by atoms with Gasteiger partial charge in [0.1, 0.15) is 0 Å². The van der Waals surface area contributed by atoms with Crippen LogP contribution in [0.15, 0.2) is 66.9 Å². The SMILES string of the molecule is CC(C)C(N)CN(/C=C(\N)c1ccccc1)Cc1ccccc1. The number of nitrogens with two attached hydrogens (primary N) is 2. The van der Waals surface area contributed by atoms with E-state index in [-0.39, 0.29) is 6.04 Å². The molecule has 2 aromatic carbocycles. The summed E-state index contributed by atoms with van der Waals surface area (Å²) in [4.78, 5) is 2.21. The summed E-state index contributed by atoms with van der Waals surface area (Å²) in [6, 6.07) is 20.5. The van der Waals surface area contributed by atoms with Crippen LogP contribution < -0.4 is 11.5 Å². The standard InChI is InChI=1S/C20H27N3/c1-16(2)19(21)14-23(13-17-9-5-3-6-10-17)15-20(22)18-11-7-4-8-12-18/h3-12,15-16,19H,13-14,21-22H2,1-2H3/b20-15-. The molecule has 0 aliphatic heterocycles. The van der Waals surface area contributed by atoms with Crippen LogP contribution >= 0.6 is 0 Å². The molecule has 0 bridgehead atoms. The molecule has 0 aliphatic rings. The van der Waals surface area contributed by atoms with Crippen LogP contribution in [0, 0.1) is 5.92 Å². The quantitative estimate of drug-likeness (QED) is 0.824. The van der Waals surface area contributed by atoms with Gasteiger partial charge in [0.25, 0.3) is 0 Å². The molecule has 23 heavy (non-hydrogen) atoms. The molecule has 2 rings (SSSR count). The second-order valence-corrected chi connectivity index (χ2v) is 6.27. The number of benzene rings is 2. The van der Waals surface area contributed by atoms with Crippen LogP contribution in [-0.2, 0) is 6.54 Å². The van der Waals surface area contributed by atoms with Crippen LogP contribution in [0.4, 0.5) is 0 Å². The van der Waals surface area contributed by atoms with E-state index >= 15 is 0 Å². The molecule has 0 saturated carbocycles. The lowest BCUT2D eigenvalue weighted by Gasteiger charge is -2.27. The third kappa shape index (κ3) is 5.46. The van der Waals surface area contributed by atoms with E-state index in [0.29, 0.717) is 5.92 Å². The van der Waals surface area contributed by atoms with Crippen molar-refractivity contribution in [1.29, 1.82) is 0 Å². The second kappa shape index (κ2) is 8.39. The summed E-state index contributed by atoms with van der Waals surface area (Å²) >= 11 is 0. The van der Waals surface area contributed by atoms with E-state index in [1.54, 1.807) is 0 Å². The smallest absolute Gasteiger partial charge is 0.0549 e. The average molecular weight is 309 g/mol. The van der Waals surface area contributed by atoms with Crippen molar-refractivity contribution in [3.05, 3.63) is 78.0 Å². The zero-order valence-electron chi connectivity index (χ0n) is 14.0. The van der Waals surface area contributed by atoms with Gasteiger partial charge in [0.15, 0.2) is 0 Å². The third-order valence-corrected chi connectivity index (χ3v) is 3.96. The van der Waals surface area contributed by atoms with Gasteiger partial charge in [-0.2, -0.15) is 0 Å². The van der Waals surface area contributed by atoms with Gasteiger partial charge in [-0.05, 0) is 17.0 Å². The molecule has 1 atom stereocenters.